The molecule has 2 heterocycles. The summed E-state index contributed by atoms with van der Waals surface area (Å²) in [6, 6.07) is 88.6. The molecule has 0 aliphatic rings. The van der Waals surface area contributed by atoms with Crippen molar-refractivity contribution in [1.82, 2.24) is 9.13 Å². The van der Waals surface area contributed by atoms with E-state index in [1.807, 2.05) is 48.5 Å². The van der Waals surface area contributed by atoms with Crippen molar-refractivity contribution in [2.75, 3.05) is 0 Å². The zero-order valence-electron chi connectivity index (χ0n) is 37.4. The molecule has 4 nitrogen and oxygen atoms in total. The van der Waals surface area contributed by atoms with Crippen LogP contribution < -0.4 is 5.46 Å². The van der Waals surface area contributed by atoms with Gasteiger partial charge in [-0.3, -0.25) is 0 Å². The van der Waals surface area contributed by atoms with Crippen molar-refractivity contribution in [2.45, 2.75) is 20.3 Å². The second-order valence-corrected chi connectivity index (χ2v) is 17.8. The summed E-state index contributed by atoms with van der Waals surface area (Å²) in [7, 11) is -1.46. The van der Waals surface area contributed by atoms with Gasteiger partial charge >= 0.3 is 7.12 Å². The van der Waals surface area contributed by atoms with Crippen LogP contribution in [0.3, 0.4) is 0 Å². The minimum absolute atomic E-state index is 0. The van der Waals surface area contributed by atoms with E-state index in [4.69, 9.17) is 0 Å². The van der Waals surface area contributed by atoms with E-state index < -0.39 is 7.12 Å². The molecule has 69 heavy (non-hydrogen) atoms. The summed E-state index contributed by atoms with van der Waals surface area (Å²) in [6.07, 6.45) is 1.97. The second kappa shape index (κ2) is 21.5. The van der Waals surface area contributed by atoms with Gasteiger partial charge in [-0.15, -0.1) is 0 Å². The number of halogens is 1. The number of fused-ring (bicyclic) bond motifs is 6. The summed E-state index contributed by atoms with van der Waals surface area (Å²) in [6.45, 7) is 0. The lowest BCUT2D eigenvalue weighted by Gasteiger charge is -2.08. The molecule has 10 aromatic carbocycles. The normalized spacial score (nSPS) is 10.8. The monoisotopic (exact) mass is 958 g/mol. The standard InChI is InChI=1S/C31H23N.C18H14BNO2.C13H11Br.CH4/c1-3-9-23(10-4-1)21-24-15-17-25(18-16-24)26-19-20-31-29(22-26)28-13-7-8-14-30(28)32(31)27-11-5-2-6-12-27;21-19(22)13-10-11-18-16(12-13)15-8-4-5-9-17(15)20(18)14-6-2-1-3-7-14;14-13-8-6-12(7-9-13)10-11-4-2-1-3-5-11;/h1-20,22H,21H2;1-12,21-22H;1-9H,10H2;1H4. The smallest absolute Gasteiger partial charge is 0.423 e. The Hall–Kier alpha value is -7.74. The summed E-state index contributed by atoms with van der Waals surface area (Å²) in [5.41, 5.74) is 15.3. The Bertz CT molecular complexity index is 3570. The first-order valence-electron chi connectivity index (χ1n) is 22.9. The fourth-order valence-corrected chi connectivity index (χ4v) is 9.36. The molecule has 12 rings (SSSR count). The van der Waals surface area contributed by atoms with Crippen LogP contribution in [0.4, 0.5) is 0 Å². The van der Waals surface area contributed by atoms with Gasteiger partial charge in [0.05, 0.1) is 22.1 Å². The number of hydrogen-bond acceptors (Lipinski definition) is 2. The van der Waals surface area contributed by atoms with E-state index in [2.05, 4.69) is 225 Å². The number of aromatic nitrogens is 2. The van der Waals surface area contributed by atoms with Crippen LogP contribution in [0.2, 0.25) is 0 Å². The molecule has 0 saturated heterocycles. The Morgan fingerprint density at radius 3 is 1.17 bits per heavy atom. The predicted octanol–water partition coefficient (Wildman–Crippen LogP) is 15.2. The molecule has 0 bridgehead atoms. The van der Waals surface area contributed by atoms with Crippen molar-refractivity contribution in [1.29, 1.82) is 0 Å². The van der Waals surface area contributed by atoms with Crippen molar-refractivity contribution in [2.24, 2.45) is 0 Å². The van der Waals surface area contributed by atoms with Crippen molar-refractivity contribution in [3.8, 4) is 22.5 Å². The van der Waals surface area contributed by atoms with Crippen LogP contribution in [-0.4, -0.2) is 26.3 Å². The highest BCUT2D eigenvalue weighted by Crippen LogP contribution is 2.35. The first-order chi connectivity index (χ1) is 33.5. The zero-order valence-corrected chi connectivity index (χ0v) is 39.0. The summed E-state index contributed by atoms with van der Waals surface area (Å²) in [5.74, 6) is 0. The Balaban J connectivity index is 0.000000139. The van der Waals surface area contributed by atoms with Crippen molar-refractivity contribution < 1.29 is 10.0 Å². The minimum atomic E-state index is -1.46. The minimum Gasteiger partial charge on any atom is -0.423 e. The van der Waals surface area contributed by atoms with E-state index in [1.165, 1.54) is 60.9 Å². The van der Waals surface area contributed by atoms with E-state index in [1.54, 1.807) is 6.07 Å². The first-order valence-corrected chi connectivity index (χ1v) is 23.7. The van der Waals surface area contributed by atoms with Crippen LogP contribution in [0.5, 0.6) is 0 Å². The zero-order chi connectivity index (χ0) is 46.2. The molecule has 0 amide bonds. The lowest BCUT2D eigenvalue weighted by atomic mass is 9.80. The third-order valence-corrected chi connectivity index (χ3v) is 12.9. The van der Waals surface area contributed by atoms with Crippen molar-refractivity contribution >= 4 is 72.1 Å². The van der Waals surface area contributed by atoms with Crippen LogP contribution in [0, 0.1) is 0 Å². The van der Waals surface area contributed by atoms with Crippen LogP contribution in [-0.2, 0) is 12.8 Å². The van der Waals surface area contributed by atoms with Crippen LogP contribution in [0.15, 0.2) is 259 Å². The lowest BCUT2D eigenvalue weighted by Crippen LogP contribution is -2.29. The van der Waals surface area contributed by atoms with Gasteiger partial charge in [-0.1, -0.05) is 211 Å². The quantitative estimate of drug-likeness (QED) is 0.149. The predicted molar refractivity (Wildman–Crippen MR) is 296 cm³/mol. The highest BCUT2D eigenvalue weighted by Gasteiger charge is 2.17. The summed E-state index contributed by atoms with van der Waals surface area (Å²) < 4.78 is 5.68. The number of benzene rings is 10. The molecule has 336 valence electrons. The molecular formula is C63H52BBrN2O2. The molecule has 0 aliphatic carbocycles. The fourth-order valence-electron chi connectivity index (χ4n) is 9.09. The molecule has 2 aromatic heterocycles. The van der Waals surface area contributed by atoms with Crippen molar-refractivity contribution in [3.63, 3.8) is 0 Å². The SMILES string of the molecule is Brc1ccc(Cc2ccccc2)cc1.C.OB(O)c1ccc2c(c1)c1ccccc1n2-c1ccccc1.c1ccc(Cc2ccc(-c3ccc4c(c3)c3ccccc3n4-c3ccccc3)cc2)cc1. The first kappa shape index (κ1) is 46.4. The van der Waals surface area contributed by atoms with Gasteiger partial charge in [-0.25, -0.2) is 0 Å². The molecule has 0 aliphatic heterocycles. The van der Waals surface area contributed by atoms with Gasteiger partial charge in [0.1, 0.15) is 0 Å². The van der Waals surface area contributed by atoms with E-state index in [0.29, 0.717) is 5.46 Å². The van der Waals surface area contributed by atoms with Gasteiger partial charge in [0, 0.05) is 37.4 Å². The van der Waals surface area contributed by atoms with Gasteiger partial charge in [0.15, 0.2) is 0 Å². The Labute approximate surface area is 413 Å². The third-order valence-electron chi connectivity index (χ3n) is 12.4. The van der Waals surface area contributed by atoms with E-state index >= 15 is 0 Å². The van der Waals surface area contributed by atoms with Crippen LogP contribution >= 0.6 is 15.9 Å². The topological polar surface area (TPSA) is 50.3 Å². The Kier molecular flexibility index (Phi) is 14.4. The number of rotatable bonds is 8. The maximum Gasteiger partial charge on any atom is 0.488 e. The van der Waals surface area contributed by atoms with E-state index in [0.717, 1.165) is 44.8 Å². The summed E-state index contributed by atoms with van der Waals surface area (Å²) in [5, 5.41) is 23.5. The van der Waals surface area contributed by atoms with Gasteiger partial charge in [-0.05, 0) is 118 Å². The number of hydrogen-bond donors (Lipinski definition) is 2. The van der Waals surface area contributed by atoms with E-state index in [-0.39, 0.29) is 7.43 Å². The second-order valence-electron chi connectivity index (χ2n) is 16.9. The molecule has 0 fully saturated rings. The van der Waals surface area contributed by atoms with Gasteiger partial charge in [0.25, 0.3) is 0 Å². The molecular weight excluding hydrogens is 907 g/mol. The van der Waals surface area contributed by atoms with Gasteiger partial charge in [0.2, 0.25) is 0 Å². The molecule has 2 N–H and O–H groups in total. The molecule has 0 saturated carbocycles. The van der Waals surface area contributed by atoms with Crippen LogP contribution in [0.1, 0.15) is 29.7 Å². The highest BCUT2D eigenvalue weighted by molar-refractivity contribution is 9.10. The van der Waals surface area contributed by atoms with Crippen LogP contribution in [0.25, 0.3) is 66.1 Å². The average molecular weight is 960 g/mol. The maximum absolute atomic E-state index is 9.43. The number of nitrogens with zero attached hydrogens (tertiary/aromatic N) is 2. The molecule has 12 aromatic rings. The van der Waals surface area contributed by atoms with Gasteiger partial charge in [-0.2, -0.15) is 0 Å². The Morgan fingerprint density at radius 2 is 0.696 bits per heavy atom. The van der Waals surface area contributed by atoms with Crippen molar-refractivity contribution in [3.05, 3.63) is 282 Å². The highest BCUT2D eigenvalue weighted by atomic mass is 79.9. The summed E-state index contributed by atoms with van der Waals surface area (Å²) >= 11 is 3.43. The molecule has 0 unspecified atom stereocenters. The van der Waals surface area contributed by atoms with E-state index in [9.17, 15) is 10.0 Å². The fraction of sp³-hybridized carbons (Fsp3) is 0.0476. The summed E-state index contributed by atoms with van der Waals surface area (Å²) in [4.78, 5) is 0. The largest absolute Gasteiger partial charge is 0.488 e. The molecule has 6 heteroatoms. The number of para-hydroxylation sites is 4. The molecule has 0 radical (unpaired) electrons. The third kappa shape index (κ3) is 10.4. The lowest BCUT2D eigenvalue weighted by molar-refractivity contribution is 0.426. The molecule has 0 spiro atoms. The molecule has 0 atom stereocenters. The maximum atomic E-state index is 9.43. The average Bonchev–Trinajstić information content (AvgIpc) is 3.91. The van der Waals surface area contributed by atoms with Gasteiger partial charge < -0.3 is 19.2 Å². The Morgan fingerprint density at radius 1 is 0.333 bits per heavy atom.